The van der Waals surface area contributed by atoms with E-state index in [4.69, 9.17) is 17.3 Å². The van der Waals surface area contributed by atoms with E-state index in [-0.39, 0.29) is 16.3 Å². The smallest absolute Gasteiger partial charge is 0.250 e. The Morgan fingerprint density at radius 2 is 1.43 bits per heavy atom. The van der Waals surface area contributed by atoms with Crippen molar-refractivity contribution >= 4 is 21.4 Å². The van der Waals surface area contributed by atoms with Crippen LogP contribution in [-0.4, -0.2) is 23.2 Å². The Hall–Kier alpha value is -3.00. The van der Waals surface area contributed by atoms with Crippen molar-refractivity contribution in [3.05, 3.63) is 111 Å². The summed E-state index contributed by atoms with van der Waals surface area (Å²) < 4.78 is 28.8. The van der Waals surface area contributed by atoms with Crippen LogP contribution in [0.1, 0.15) is 60.5 Å². The van der Waals surface area contributed by atoms with E-state index in [1.54, 1.807) is 4.57 Å². The van der Waals surface area contributed by atoms with Gasteiger partial charge in [-0.25, -0.2) is 8.42 Å². The summed E-state index contributed by atoms with van der Waals surface area (Å²) in [4.78, 5) is 0. The highest BCUT2D eigenvalue weighted by molar-refractivity contribution is 7.90. The van der Waals surface area contributed by atoms with E-state index in [2.05, 4.69) is 31.0 Å². The summed E-state index contributed by atoms with van der Waals surface area (Å²) in [6, 6.07) is 22.5. The summed E-state index contributed by atoms with van der Waals surface area (Å²) >= 11 is 6.02. The molecule has 1 aromatic heterocycles. The highest BCUT2D eigenvalue weighted by atomic mass is 35.5. The van der Waals surface area contributed by atoms with Crippen molar-refractivity contribution in [2.24, 2.45) is 5.73 Å². The molecule has 0 saturated carbocycles. The fraction of sp³-hybridized carbons (Fsp3) is 0.310. The Morgan fingerprint density at radius 3 is 2.03 bits per heavy atom. The molecular weight excluding hydrogens is 504 g/mol. The largest absolute Gasteiger partial charge is 0.321 e. The van der Waals surface area contributed by atoms with Gasteiger partial charge in [0.1, 0.15) is 0 Å². The molecule has 0 saturated heterocycles. The molecule has 1 heterocycles. The number of hydrogen-bond acceptors (Lipinski definition) is 5. The maximum Gasteiger partial charge on any atom is 0.250 e. The number of nitrogens with two attached hydrogens (primary N) is 1. The first-order chi connectivity index (χ1) is 17.4. The van der Waals surface area contributed by atoms with Crippen molar-refractivity contribution in [2.75, 3.05) is 0 Å². The quantitative estimate of drug-likeness (QED) is 0.307. The summed E-state index contributed by atoms with van der Waals surface area (Å²) in [5.41, 5.74) is 11.4. The number of rotatable bonds is 8. The molecule has 0 aliphatic rings. The van der Waals surface area contributed by atoms with Crippen LogP contribution in [-0.2, 0) is 34.0 Å². The maximum absolute atomic E-state index is 13.6. The molecule has 2 N–H and O–H groups in total. The van der Waals surface area contributed by atoms with Crippen molar-refractivity contribution < 1.29 is 8.42 Å². The zero-order valence-electron chi connectivity index (χ0n) is 21.6. The van der Waals surface area contributed by atoms with Gasteiger partial charge in [0.05, 0.1) is 18.3 Å². The Bertz CT molecular complexity index is 1450. The summed E-state index contributed by atoms with van der Waals surface area (Å²) in [7, 11) is -3.80. The van der Waals surface area contributed by atoms with Gasteiger partial charge in [0.2, 0.25) is 15.0 Å². The van der Waals surface area contributed by atoms with Gasteiger partial charge in [0.25, 0.3) is 0 Å². The molecule has 0 spiro atoms. The van der Waals surface area contributed by atoms with Gasteiger partial charge >= 0.3 is 0 Å². The molecule has 0 aliphatic heterocycles. The lowest BCUT2D eigenvalue weighted by atomic mass is 9.87. The lowest BCUT2D eigenvalue weighted by Gasteiger charge is -2.19. The monoisotopic (exact) mass is 536 g/mol. The molecule has 1 atom stereocenters. The van der Waals surface area contributed by atoms with Crippen LogP contribution >= 0.6 is 11.6 Å². The Kier molecular flexibility index (Phi) is 7.88. The third-order valence-electron chi connectivity index (χ3n) is 6.36. The van der Waals surface area contributed by atoms with Gasteiger partial charge in [-0.05, 0) is 53.1 Å². The number of sulfone groups is 1. The number of halogens is 1. The average molecular weight is 537 g/mol. The summed E-state index contributed by atoms with van der Waals surface area (Å²) in [5, 5.41) is 9.00. The molecule has 0 bridgehead atoms. The summed E-state index contributed by atoms with van der Waals surface area (Å²) in [5.74, 6) is 0.257. The SMILES string of the molecule is Cc1ccc(Cn2c(C(N)Cc3ccc(Cl)cc3)nnc2S(=O)(=O)Cc2ccc(C(C)(C)C)cc2)cc1. The molecule has 37 heavy (non-hydrogen) atoms. The van der Waals surface area contributed by atoms with E-state index in [1.807, 2.05) is 79.7 Å². The van der Waals surface area contributed by atoms with Crippen molar-refractivity contribution in [1.82, 2.24) is 14.8 Å². The van der Waals surface area contributed by atoms with Crippen LogP contribution in [0.3, 0.4) is 0 Å². The predicted octanol–water partition coefficient (Wildman–Crippen LogP) is 5.80. The van der Waals surface area contributed by atoms with Crippen molar-refractivity contribution in [1.29, 1.82) is 0 Å². The highest BCUT2D eigenvalue weighted by Crippen LogP contribution is 2.25. The first kappa shape index (κ1) is 27.0. The maximum atomic E-state index is 13.6. The molecule has 4 rings (SSSR count). The molecule has 0 aliphatic carbocycles. The summed E-state index contributed by atoms with van der Waals surface area (Å²) in [6.45, 7) is 8.69. The second-order valence-electron chi connectivity index (χ2n) is 10.6. The van der Waals surface area contributed by atoms with E-state index in [0.717, 1.165) is 22.3 Å². The molecule has 194 valence electrons. The minimum Gasteiger partial charge on any atom is -0.321 e. The fourth-order valence-electron chi connectivity index (χ4n) is 4.18. The van der Waals surface area contributed by atoms with Crippen molar-refractivity contribution in [2.45, 2.75) is 63.0 Å². The van der Waals surface area contributed by atoms with Crippen LogP contribution in [0, 0.1) is 6.92 Å². The minimum atomic E-state index is -3.80. The van der Waals surface area contributed by atoms with E-state index < -0.39 is 15.9 Å². The minimum absolute atomic E-state index is 0.0132. The third kappa shape index (κ3) is 6.66. The average Bonchev–Trinajstić information content (AvgIpc) is 3.26. The van der Waals surface area contributed by atoms with Crippen LogP contribution < -0.4 is 5.73 Å². The van der Waals surface area contributed by atoms with Gasteiger partial charge in [-0.1, -0.05) is 98.6 Å². The van der Waals surface area contributed by atoms with Crippen LogP contribution in [0.15, 0.2) is 78.0 Å². The zero-order chi connectivity index (χ0) is 26.8. The molecule has 3 aromatic carbocycles. The Balaban J connectivity index is 1.68. The lowest BCUT2D eigenvalue weighted by molar-refractivity contribution is 0.553. The van der Waals surface area contributed by atoms with Gasteiger partial charge in [-0.2, -0.15) is 0 Å². The second kappa shape index (κ2) is 10.8. The number of hydrogen-bond donors (Lipinski definition) is 1. The van der Waals surface area contributed by atoms with Gasteiger partial charge in [0.15, 0.2) is 5.82 Å². The van der Waals surface area contributed by atoms with Crippen LogP contribution in [0.2, 0.25) is 5.02 Å². The van der Waals surface area contributed by atoms with Gasteiger partial charge in [0, 0.05) is 5.02 Å². The Labute approximate surface area is 224 Å². The van der Waals surface area contributed by atoms with Crippen LogP contribution in [0.25, 0.3) is 0 Å². The van der Waals surface area contributed by atoms with Gasteiger partial charge in [-0.15, -0.1) is 10.2 Å². The predicted molar refractivity (Wildman–Crippen MR) is 148 cm³/mol. The van der Waals surface area contributed by atoms with Crippen molar-refractivity contribution in [3.8, 4) is 0 Å². The Morgan fingerprint density at radius 1 is 0.865 bits per heavy atom. The molecule has 8 heteroatoms. The molecule has 6 nitrogen and oxygen atoms in total. The third-order valence-corrected chi connectivity index (χ3v) is 8.19. The molecule has 0 radical (unpaired) electrons. The molecule has 1 unspecified atom stereocenters. The molecule has 0 amide bonds. The highest BCUT2D eigenvalue weighted by Gasteiger charge is 2.28. The molecule has 4 aromatic rings. The first-order valence-electron chi connectivity index (χ1n) is 12.2. The van der Waals surface area contributed by atoms with Gasteiger partial charge in [-0.3, -0.25) is 4.57 Å². The topological polar surface area (TPSA) is 90.9 Å². The van der Waals surface area contributed by atoms with E-state index in [1.165, 1.54) is 0 Å². The zero-order valence-corrected chi connectivity index (χ0v) is 23.2. The second-order valence-corrected chi connectivity index (χ2v) is 12.9. The number of aryl methyl sites for hydroxylation is 1. The van der Waals surface area contributed by atoms with Gasteiger partial charge < -0.3 is 5.73 Å². The first-order valence-corrected chi connectivity index (χ1v) is 14.3. The lowest BCUT2D eigenvalue weighted by Crippen LogP contribution is -2.22. The number of nitrogens with zero attached hydrogens (tertiary/aromatic N) is 3. The van der Waals surface area contributed by atoms with Crippen LogP contribution in [0.5, 0.6) is 0 Å². The van der Waals surface area contributed by atoms with Crippen LogP contribution in [0.4, 0.5) is 0 Å². The van der Waals surface area contributed by atoms with Crippen molar-refractivity contribution in [3.63, 3.8) is 0 Å². The van der Waals surface area contributed by atoms with E-state index in [9.17, 15) is 8.42 Å². The normalized spacial score (nSPS) is 13.0. The summed E-state index contributed by atoms with van der Waals surface area (Å²) in [6.07, 6.45) is 0.470. The molecular formula is C29H33ClN4O2S. The number of aromatic nitrogens is 3. The standard InChI is InChI=1S/C29H33ClN4O2S/c1-20-5-7-22(8-6-20)18-34-27(26(31)17-21-11-15-25(30)16-12-21)32-33-28(34)37(35,36)19-23-9-13-24(14-10-23)29(2,3)4/h5-16,26H,17-19,31H2,1-4H3. The van der Waals surface area contributed by atoms with E-state index in [0.29, 0.717) is 29.4 Å². The fourth-order valence-corrected chi connectivity index (χ4v) is 5.73. The number of benzene rings is 3. The molecule has 0 fully saturated rings. The van der Waals surface area contributed by atoms with E-state index >= 15 is 0 Å².